The Morgan fingerprint density at radius 2 is 1.90 bits per heavy atom. The van der Waals surface area contributed by atoms with Crippen molar-refractivity contribution >= 4 is 17.3 Å². The van der Waals surface area contributed by atoms with E-state index in [4.69, 9.17) is 4.74 Å². The topological polar surface area (TPSA) is 70.5 Å². The minimum atomic E-state index is 0.253. The van der Waals surface area contributed by atoms with Gasteiger partial charge >= 0.3 is 0 Å². The molecule has 1 fully saturated rings. The van der Waals surface area contributed by atoms with Crippen molar-refractivity contribution in [3.63, 3.8) is 0 Å². The average molecular weight is 390 g/mol. The van der Waals surface area contributed by atoms with E-state index in [1.54, 1.807) is 7.11 Å². The normalized spacial score (nSPS) is 16.5. The Labute approximate surface area is 171 Å². The van der Waals surface area contributed by atoms with Gasteiger partial charge in [0.05, 0.1) is 7.11 Å². The van der Waals surface area contributed by atoms with Gasteiger partial charge in [-0.2, -0.15) is 0 Å². The largest absolute Gasteiger partial charge is 0.497 e. The molecule has 150 valence electrons. The fourth-order valence-electron chi connectivity index (χ4n) is 3.68. The van der Waals surface area contributed by atoms with Gasteiger partial charge in [-0.25, -0.2) is 9.97 Å². The highest BCUT2D eigenvalue weighted by Gasteiger charge is 2.19. The van der Waals surface area contributed by atoms with Crippen molar-refractivity contribution in [2.45, 2.75) is 12.8 Å². The monoisotopic (exact) mass is 390 g/mol. The van der Waals surface area contributed by atoms with Gasteiger partial charge in [-0.15, -0.1) is 0 Å². The molecule has 0 spiro atoms. The second-order valence-corrected chi connectivity index (χ2v) is 7.34. The van der Waals surface area contributed by atoms with Crippen LogP contribution in [0.4, 0.5) is 17.3 Å². The van der Waals surface area contributed by atoms with E-state index in [2.05, 4.69) is 32.3 Å². The molecule has 0 aliphatic carbocycles. The van der Waals surface area contributed by atoms with E-state index < -0.39 is 0 Å². The van der Waals surface area contributed by atoms with Crippen LogP contribution in [0.5, 0.6) is 5.75 Å². The first-order valence-corrected chi connectivity index (χ1v) is 9.94. The van der Waals surface area contributed by atoms with Crippen LogP contribution in [-0.2, 0) is 0 Å². The zero-order valence-corrected chi connectivity index (χ0v) is 16.6. The third-order valence-electron chi connectivity index (χ3n) is 5.32. The number of nitrogens with one attached hydrogen (secondary N) is 1. The maximum atomic E-state index is 9.47. The summed E-state index contributed by atoms with van der Waals surface area (Å²) in [4.78, 5) is 11.3. The third kappa shape index (κ3) is 4.66. The number of aliphatic hydroxyl groups excluding tert-OH is 1. The Bertz CT molecular complexity index is 928. The molecule has 4 rings (SSSR count). The smallest absolute Gasteiger partial charge is 0.227 e. The molecule has 0 amide bonds. The molecule has 0 radical (unpaired) electrons. The molecule has 6 heteroatoms. The number of hydrogen-bond acceptors (Lipinski definition) is 6. The van der Waals surface area contributed by atoms with Gasteiger partial charge in [0.25, 0.3) is 0 Å². The fourth-order valence-corrected chi connectivity index (χ4v) is 3.68. The Kier molecular flexibility index (Phi) is 5.91. The number of aliphatic hydroxyl groups is 1. The SMILES string of the molecule is COc1ccc(-c2cnc(Nc3cccc(N4CCCC(CO)C4)c3)nc2)cc1. The van der Waals surface area contributed by atoms with Crippen molar-refractivity contribution < 1.29 is 9.84 Å². The lowest BCUT2D eigenvalue weighted by molar-refractivity contribution is 0.209. The van der Waals surface area contributed by atoms with E-state index in [0.29, 0.717) is 11.9 Å². The number of ether oxygens (including phenoxy) is 1. The molecule has 6 nitrogen and oxygen atoms in total. The first-order valence-electron chi connectivity index (χ1n) is 9.94. The first-order chi connectivity index (χ1) is 14.2. The van der Waals surface area contributed by atoms with Crippen molar-refractivity contribution in [2.75, 3.05) is 37.0 Å². The molecule has 1 saturated heterocycles. The number of rotatable bonds is 6. The van der Waals surface area contributed by atoms with Crippen LogP contribution in [0, 0.1) is 5.92 Å². The van der Waals surface area contributed by atoms with Gasteiger partial charge in [0.15, 0.2) is 0 Å². The van der Waals surface area contributed by atoms with Crippen LogP contribution < -0.4 is 15.0 Å². The van der Waals surface area contributed by atoms with E-state index in [1.807, 2.05) is 48.8 Å². The van der Waals surface area contributed by atoms with Gasteiger partial charge in [0.2, 0.25) is 5.95 Å². The molecule has 3 aromatic rings. The maximum absolute atomic E-state index is 9.47. The van der Waals surface area contributed by atoms with Crippen molar-refractivity contribution in [2.24, 2.45) is 5.92 Å². The molecule has 1 aliphatic heterocycles. The van der Waals surface area contributed by atoms with Gasteiger partial charge in [-0.05, 0) is 54.7 Å². The summed E-state index contributed by atoms with van der Waals surface area (Å²) in [6, 6.07) is 16.1. The molecule has 1 atom stereocenters. The van der Waals surface area contributed by atoms with Gasteiger partial charge < -0.3 is 20.1 Å². The minimum absolute atomic E-state index is 0.253. The third-order valence-corrected chi connectivity index (χ3v) is 5.32. The van der Waals surface area contributed by atoms with Crippen LogP contribution in [0.2, 0.25) is 0 Å². The number of aromatic nitrogens is 2. The summed E-state index contributed by atoms with van der Waals surface area (Å²) >= 11 is 0. The predicted molar refractivity (Wildman–Crippen MR) is 116 cm³/mol. The molecular formula is C23H26N4O2. The molecular weight excluding hydrogens is 364 g/mol. The zero-order valence-electron chi connectivity index (χ0n) is 16.6. The Morgan fingerprint density at radius 1 is 1.10 bits per heavy atom. The number of nitrogens with zero attached hydrogens (tertiary/aromatic N) is 3. The highest BCUT2D eigenvalue weighted by molar-refractivity contribution is 5.65. The minimum Gasteiger partial charge on any atom is -0.497 e. The summed E-state index contributed by atoms with van der Waals surface area (Å²) < 4.78 is 5.20. The second-order valence-electron chi connectivity index (χ2n) is 7.34. The predicted octanol–water partition coefficient (Wildman–Crippen LogP) is 4.10. The fraction of sp³-hybridized carbons (Fsp3) is 0.304. The summed E-state index contributed by atoms with van der Waals surface area (Å²) in [5.41, 5.74) is 4.10. The van der Waals surface area contributed by atoms with Crippen molar-refractivity contribution in [3.8, 4) is 16.9 Å². The highest BCUT2D eigenvalue weighted by atomic mass is 16.5. The van der Waals surface area contributed by atoms with Crippen LogP contribution in [0.25, 0.3) is 11.1 Å². The van der Waals surface area contributed by atoms with E-state index in [0.717, 1.165) is 54.2 Å². The lowest BCUT2D eigenvalue weighted by atomic mass is 9.98. The quantitative estimate of drug-likeness (QED) is 0.660. The van der Waals surface area contributed by atoms with Crippen LogP contribution >= 0.6 is 0 Å². The van der Waals surface area contributed by atoms with Crippen LogP contribution in [0.15, 0.2) is 60.9 Å². The number of methoxy groups -OCH3 is 1. The standard InChI is InChI=1S/C23H26N4O2/c1-29-22-9-7-18(8-10-22)19-13-24-23(25-14-19)26-20-5-2-6-21(12-20)27-11-3-4-17(15-27)16-28/h2,5-10,12-14,17,28H,3-4,11,15-16H2,1H3,(H,24,25,26). The molecule has 29 heavy (non-hydrogen) atoms. The van der Waals surface area contributed by atoms with Gasteiger partial charge in [0.1, 0.15) is 5.75 Å². The second kappa shape index (κ2) is 8.92. The first kappa shape index (κ1) is 19.2. The molecule has 0 bridgehead atoms. The lowest BCUT2D eigenvalue weighted by Crippen LogP contribution is -2.36. The molecule has 1 aromatic heterocycles. The van der Waals surface area contributed by atoms with E-state index in [-0.39, 0.29) is 6.61 Å². The van der Waals surface area contributed by atoms with Gasteiger partial charge in [-0.1, -0.05) is 18.2 Å². The van der Waals surface area contributed by atoms with Gasteiger partial charge in [0, 0.05) is 49.0 Å². The van der Waals surface area contributed by atoms with E-state index >= 15 is 0 Å². The van der Waals surface area contributed by atoms with Crippen molar-refractivity contribution in [3.05, 3.63) is 60.9 Å². The Hall–Kier alpha value is -3.12. The molecule has 2 N–H and O–H groups in total. The summed E-state index contributed by atoms with van der Waals surface area (Å²) in [7, 11) is 1.66. The number of piperidine rings is 1. The summed E-state index contributed by atoms with van der Waals surface area (Å²) in [5.74, 6) is 1.74. The lowest BCUT2D eigenvalue weighted by Gasteiger charge is -2.33. The van der Waals surface area contributed by atoms with E-state index in [9.17, 15) is 5.11 Å². The van der Waals surface area contributed by atoms with E-state index in [1.165, 1.54) is 0 Å². The van der Waals surface area contributed by atoms with Crippen LogP contribution in [-0.4, -0.2) is 41.9 Å². The molecule has 1 unspecified atom stereocenters. The summed E-state index contributed by atoms with van der Waals surface area (Å²) in [6.45, 7) is 2.17. The van der Waals surface area contributed by atoms with Crippen molar-refractivity contribution in [1.82, 2.24) is 9.97 Å². The Balaban J connectivity index is 1.45. The van der Waals surface area contributed by atoms with Crippen molar-refractivity contribution in [1.29, 1.82) is 0 Å². The molecule has 2 heterocycles. The average Bonchev–Trinajstić information content (AvgIpc) is 2.80. The number of hydrogen-bond donors (Lipinski definition) is 2. The maximum Gasteiger partial charge on any atom is 0.227 e. The Morgan fingerprint density at radius 3 is 2.62 bits per heavy atom. The van der Waals surface area contributed by atoms with Crippen LogP contribution in [0.3, 0.4) is 0 Å². The highest BCUT2D eigenvalue weighted by Crippen LogP contribution is 2.27. The summed E-state index contributed by atoms with van der Waals surface area (Å²) in [6.07, 6.45) is 5.84. The molecule has 0 saturated carbocycles. The summed E-state index contributed by atoms with van der Waals surface area (Å²) in [5, 5.41) is 12.8. The number of anilines is 3. The molecule has 1 aliphatic rings. The zero-order chi connectivity index (χ0) is 20.1. The molecule has 2 aromatic carbocycles. The number of benzene rings is 2. The van der Waals surface area contributed by atoms with Gasteiger partial charge in [-0.3, -0.25) is 0 Å². The van der Waals surface area contributed by atoms with Crippen LogP contribution in [0.1, 0.15) is 12.8 Å².